The smallest absolute Gasteiger partial charge is 0.241 e. The minimum atomic E-state index is 0.189. The lowest BCUT2D eigenvalue weighted by Gasteiger charge is -2.16. The molecule has 21 heavy (non-hydrogen) atoms. The van der Waals surface area contributed by atoms with Gasteiger partial charge in [0.2, 0.25) is 5.88 Å². The number of nitrogens with zero attached hydrogens (tertiary/aromatic N) is 2. The van der Waals surface area contributed by atoms with Gasteiger partial charge in [-0.1, -0.05) is 29.8 Å². The van der Waals surface area contributed by atoms with Gasteiger partial charge in [-0.15, -0.1) is 0 Å². The Morgan fingerprint density at radius 1 is 1.24 bits per heavy atom. The molecule has 5 heteroatoms. The molecule has 1 heterocycles. The summed E-state index contributed by atoms with van der Waals surface area (Å²) in [6, 6.07) is 6.21. The summed E-state index contributed by atoms with van der Waals surface area (Å²) in [7, 11) is 0. The topological polar surface area (TPSA) is 53.1 Å². The fourth-order valence-corrected chi connectivity index (χ4v) is 2.54. The molecule has 0 saturated carbocycles. The lowest BCUT2D eigenvalue weighted by atomic mass is 10.0. The van der Waals surface area contributed by atoms with Crippen molar-refractivity contribution in [1.82, 2.24) is 9.78 Å². The Kier molecular flexibility index (Phi) is 4.61. The Morgan fingerprint density at radius 2 is 1.90 bits per heavy atom. The number of anilines is 1. The van der Waals surface area contributed by atoms with E-state index < -0.39 is 0 Å². The molecule has 0 aliphatic carbocycles. The maximum atomic E-state index is 6.13. The lowest BCUT2D eigenvalue weighted by Crippen LogP contribution is -2.06. The summed E-state index contributed by atoms with van der Waals surface area (Å²) >= 11 is 3.51. The number of aryl methyl sites for hydroxylation is 1. The number of nitrogen functional groups attached to an aromatic ring is 1. The van der Waals surface area contributed by atoms with E-state index in [0.29, 0.717) is 17.5 Å². The molecule has 2 N–H and O–H groups in total. The van der Waals surface area contributed by atoms with E-state index in [4.69, 9.17) is 10.5 Å². The van der Waals surface area contributed by atoms with Gasteiger partial charge in [0.15, 0.2) is 0 Å². The van der Waals surface area contributed by atoms with E-state index in [9.17, 15) is 0 Å². The number of hydrogen-bond donors (Lipinski definition) is 1. The van der Waals surface area contributed by atoms with Crippen LogP contribution >= 0.6 is 15.9 Å². The van der Waals surface area contributed by atoms with Crippen molar-refractivity contribution in [2.75, 3.05) is 5.73 Å². The van der Waals surface area contributed by atoms with Crippen LogP contribution in [0, 0.1) is 6.92 Å². The Bertz CT molecular complexity index is 647. The molecule has 1 aromatic heterocycles. The largest absolute Gasteiger partial charge is 0.437 e. The van der Waals surface area contributed by atoms with E-state index in [-0.39, 0.29) is 6.04 Å². The van der Waals surface area contributed by atoms with Crippen LogP contribution in [0.1, 0.15) is 50.9 Å². The number of halogens is 1. The predicted molar refractivity (Wildman–Crippen MR) is 90.1 cm³/mol. The molecule has 114 valence electrons. The van der Waals surface area contributed by atoms with Crippen molar-refractivity contribution in [3.05, 3.63) is 33.9 Å². The van der Waals surface area contributed by atoms with Crippen LogP contribution in [-0.4, -0.2) is 9.78 Å². The van der Waals surface area contributed by atoms with Gasteiger partial charge >= 0.3 is 0 Å². The molecule has 0 fully saturated rings. The van der Waals surface area contributed by atoms with Gasteiger partial charge in [-0.2, -0.15) is 5.10 Å². The number of nitrogens with two attached hydrogens (primary N) is 1. The van der Waals surface area contributed by atoms with Crippen LogP contribution in [0.25, 0.3) is 0 Å². The molecule has 0 spiro atoms. The summed E-state index contributed by atoms with van der Waals surface area (Å²) in [5.41, 5.74) is 8.66. The molecule has 0 radical (unpaired) electrons. The maximum Gasteiger partial charge on any atom is 0.241 e. The van der Waals surface area contributed by atoms with E-state index in [2.05, 4.69) is 54.8 Å². The molecule has 0 unspecified atom stereocenters. The number of benzene rings is 1. The number of hydrogen-bond acceptors (Lipinski definition) is 3. The fraction of sp³-hybridized carbons (Fsp3) is 0.438. The Balaban J connectivity index is 2.48. The molecule has 0 bridgehead atoms. The highest BCUT2D eigenvalue weighted by Crippen LogP contribution is 2.37. The second kappa shape index (κ2) is 6.10. The van der Waals surface area contributed by atoms with E-state index in [1.165, 1.54) is 0 Å². The monoisotopic (exact) mass is 351 g/mol. The third-order valence-electron chi connectivity index (χ3n) is 3.38. The molecule has 2 aromatic rings. The number of rotatable bonds is 4. The summed E-state index contributed by atoms with van der Waals surface area (Å²) in [5, 5.41) is 4.46. The number of ether oxygens (including phenoxy) is 1. The number of aromatic nitrogens is 2. The maximum absolute atomic E-state index is 6.13. The van der Waals surface area contributed by atoms with Crippen LogP contribution in [0.5, 0.6) is 11.6 Å². The normalized spacial score (nSPS) is 11.4. The molecule has 0 saturated heterocycles. The summed E-state index contributed by atoms with van der Waals surface area (Å²) in [5.74, 6) is 1.80. The minimum Gasteiger partial charge on any atom is -0.437 e. The average Bonchev–Trinajstić information content (AvgIpc) is 2.69. The van der Waals surface area contributed by atoms with Crippen molar-refractivity contribution in [2.24, 2.45) is 0 Å². The SMILES string of the molecule is Cc1nn(C(C)C)c(Oc2ccc(Br)cc2C(C)C)c1N. The van der Waals surface area contributed by atoms with Crippen molar-refractivity contribution in [3.63, 3.8) is 0 Å². The van der Waals surface area contributed by atoms with Gasteiger partial charge in [-0.25, -0.2) is 4.68 Å². The third kappa shape index (κ3) is 3.23. The summed E-state index contributed by atoms with van der Waals surface area (Å²) in [4.78, 5) is 0. The highest BCUT2D eigenvalue weighted by Gasteiger charge is 2.19. The van der Waals surface area contributed by atoms with Gasteiger partial charge in [-0.3, -0.25) is 0 Å². The highest BCUT2D eigenvalue weighted by molar-refractivity contribution is 9.10. The van der Waals surface area contributed by atoms with Crippen LogP contribution in [0.15, 0.2) is 22.7 Å². The zero-order chi connectivity index (χ0) is 15.7. The molecule has 0 aliphatic rings. The molecular formula is C16H22BrN3O. The second-order valence-corrected chi connectivity index (χ2v) is 6.70. The molecule has 0 atom stereocenters. The van der Waals surface area contributed by atoms with Gasteiger partial charge < -0.3 is 10.5 Å². The minimum absolute atomic E-state index is 0.189. The molecule has 4 nitrogen and oxygen atoms in total. The van der Waals surface area contributed by atoms with E-state index >= 15 is 0 Å². The molecular weight excluding hydrogens is 330 g/mol. The first kappa shape index (κ1) is 15.9. The standard InChI is InChI=1S/C16H22BrN3O/c1-9(2)13-8-12(17)6-7-14(13)21-16-15(18)11(5)19-20(16)10(3)4/h6-10H,18H2,1-5H3. The van der Waals surface area contributed by atoms with Crippen molar-refractivity contribution < 1.29 is 4.74 Å². The molecule has 0 aliphatic heterocycles. The first-order valence-electron chi connectivity index (χ1n) is 7.13. The van der Waals surface area contributed by atoms with Gasteiger partial charge in [-0.05, 0) is 50.5 Å². The molecule has 0 amide bonds. The quantitative estimate of drug-likeness (QED) is 0.839. The van der Waals surface area contributed by atoms with Crippen molar-refractivity contribution in [1.29, 1.82) is 0 Å². The summed E-state index contributed by atoms with van der Waals surface area (Å²) in [6.07, 6.45) is 0. The van der Waals surface area contributed by atoms with Crippen LogP contribution in [-0.2, 0) is 0 Å². The van der Waals surface area contributed by atoms with Crippen LogP contribution in [0.3, 0.4) is 0 Å². The van der Waals surface area contributed by atoms with Gasteiger partial charge in [0.1, 0.15) is 11.4 Å². The van der Waals surface area contributed by atoms with Crippen molar-refractivity contribution in [3.8, 4) is 11.6 Å². The van der Waals surface area contributed by atoms with Crippen molar-refractivity contribution >= 4 is 21.6 Å². The lowest BCUT2D eigenvalue weighted by molar-refractivity contribution is 0.385. The summed E-state index contributed by atoms with van der Waals surface area (Å²) in [6.45, 7) is 10.3. The van der Waals surface area contributed by atoms with Crippen LogP contribution in [0.2, 0.25) is 0 Å². The molecule has 1 aromatic carbocycles. The van der Waals surface area contributed by atoms with Gasteiger partial charge in [0, 0.05) is 4.47 Å². The zero-order valence-electron chi connectivity index (χ0n) is 13.1. The first-order chi connectivity index (χ1) is 9.81. The third-order valence-corrected chi connectivity index (χ3v) is 3.87. The van der Waals surface area contributed by atoms with Gasteiger partial charge in [0.05, 0.1) is 11.7 Å². The Labute approximate surface area is 134 Å². The van der Waals surface area contributed by atoms with E-state index in [1.807, 2.05) is 23.7 Å². The average molecular weight is 352 g/mol. The van der Waals surface area contributed by atoms with E-state index in [0.717, 1.165) is 21.5 Å². The van der Waals surface area contributed by atoms with E-state index in [1.54, 1.807) is 0 Å². The van der Waals surface area contributed by atoms with Crippen LogP contribution in [0.4, 0.5) is 5.69 Å². The van der Waals surface area contributed by atoms with Crippen LogP contribution < -0.4 is 10.5 Å². The first-order valence-corrected chi connectivity index (χ1v) is 7.92. The molecule has 2 rings (SSSR count). The highest BCUT2D eigenvalue weighted by atomic mass is 79.9. The summed E-state index contributed by atoms with van der Waals surface area (Å²) < 4.78 is 9.00. The fourth-order valence-electron chi connectivity index (χ4n) is 2.16. The van der Waals surface area contributed by atoms with Crippen molar-refractivity contribution in [2.45, 2.75) is 46.6 Å². The zero-order valence-corrected chi connectivity index (χ0v) is 14.7. The van der Waals surface area contributed by atoms with Gasteiger partial charge in [0.25, 0.3) is 0 Å². The Morgan fingerprint density at radius 3 is 2.48 bits per heavy atom. The predicted octanol–water partition coefficient (Wildman–Crippen LogP) is 5.03. The Hall–Kier alpha value is -1.49. The second-order valence-electron chi connectivity index (χ2n) is 5.78.